The molecule has 2 unspecified atom stereocenters. The summed E-state index contributed by atoms with van der Waals surface area (Å²) in [7, 11) is 0. The Morgan fingerprint density at radius 2 is 1.95 bits per heavy atom. The first-order chi connectivity index (χ1) is 9.27. The maximum Gasteiger partial charge on any atom is 0.136 e. The number of ketones is 1. The van der Waals surface area contributed by atoms with Gasteiger partial charge >= 0.3 is 0 Å². The van der Waals surface area contributed by atoms with Crippen LogP contribution in [0, 0.1) is 11.8 Å². The van der Waals surface area contributed by atoms with Crippen molar-refractivity contribution in [2.45, 2.75) is 63.4 Å². The van der Waals surface area contributed by atoms with Gasteiger partial charge in [0.2, 0.25) is 0 Å². The Morgan fingerprint density at radius 3 is 2.68 bits per heavy atom. The molecule has 2 saturated heterocycles. The van der Waals surface area contributed by atoms with E-state index in [1.807, 2.05) is 0 Å². The van der Waals surface area contributed by atoms with Crippen molar-refractivity contribution in [3.8, 4) is 0 Å². The van der Waals surface area contributed by atoms with Crippen molar-refractivity contribution < 1.29 is 14.3 Å². The molecule has 1 aliphatic carbocycles. The van der Waals surface area contributed by atoms with Crippen LogP contribution in [-0.2, 0) is 14.3 Å². The van der Waals surface area contributed by atoms with Gasteiger partial charge in [-0.1, -0.05) is 19.3 Å². The molecule has 2 aliphatic heterocycles. The summed E-state index contributed by atoms with van der Waals surface area (Å²) in [6, 6.07) is 0. The summed E-state index contributed by atoms with van der Waals surface area (Å²) in [4.78, 5) is 12.5. The quantitative estimate of drug-likeness (QED) is 0.787. The van der Waals surface area contributed by atoms with Crippen LogP contribution in [0.2, 0.25) is 0 Å². The van der Waals surface area contributed by atoms with Crippen LogP contribution in [0.3, 0.4) is 0 Å². The molecule has 0 amide bonds. The number of rotatable bonds is 3. The molecule has 2 atom stereocenters. The van der Waals surface area contributed by atoms with E-state index in [1.165, 1.54) is 32.1 Å². The Morgan fingerprint density at radius 1 is 1.11 bits per heavy atom. The molecule has 1 spiro atoms. The zero-order valence-corrected chi connectivity index (χ0v) is 11.9. The Balaban J connectivity index is 1.56. The maximum atomic E-state index is 12.5. The summed E-state index contributed by atoms with van der Waals surface area (Å²) < 4.78 is 11.5. The molecule has 19 heavy (non-hydrogen) atoms. The first kappa shape index (κ1) is 13.6. The van der Waals surface area contributed by atoms with Gasteiger partial charge in [0.25, 0.3) is 0 Å². The van der Waals surface area contributed by atoms with E-state index in [9.17, 15) is 4.79 Å². The highest BCUT2D eigenvalue weighted by Gasteiger charge is 2.40. The van der Waals surface area contributed by atoms with Gasteiger partial charge in [0.15, 0.2) is 0 Å². The van der Waals surface area contributed by atoms with Gasteiger partial charge in [-0.3, -0.25) is 4.79 Å². The molecule has 0 bridgehead atoms. The van der Waals surface area contributed by atoms with E-state index < -0.39 is 0 Å². The summed E-state index contributed by atoms with van der Waals surface area (Å²) in [5.74, 6) is 1.22. The van der Waals surface area contributed by atoms with Crippen molar-refractivity contribution >= 4 is 5.78 Å². The molecule has 3 nitrogen and oxygen atoms in total. The van der Waals surface area contributed by atoms with E-state index in [0.29, 0.717) is 11.7 Å². The zero-order valence-electron chi connectivity index (χ0n) is 11.9. The second-order valence-corrected chi connectivity index (χ2v) is 6.68. The average molecular weight is 266 g/mol. The molecule has 0 N–H and O–H groups in total. The Kier molecular flexibility index (Phi) is 4.23. The molecule has 108 valence electrons. The van der Waals surface area contributed by atoms with Crippen molar-refractivity contribution in [3.63, 3.8) is 0 Å². The van der Waals surface area contributed by atoms with Crippen molar-refractivity contribution in [3.05, 3.63) is 0 Å². The van der Waals surface area contributed by atoms with Gasteiger partial charge in [-0.2, -0.15) is 0 Å². The van der Waals surface area contributed by atoms with Gasteiger partial charge < -0.3 is 9.47 Å². The molecule has 0 aromatic carbocycles. The third-order valence-corrected chi connectivity index (χ3v) is 5.23. The monoisotopic (exact) mass is 266 g/mol. The van der Waals surface area contributed by atoms with E-state index in [4.69, 9.17) is 9.47 Å². The fourth-order valence-corrected chi connectivity index (χ4v) is 4.04. The lowest BCUT2D eigenvalue weighted by Gasteiger charge is -2.43. The fourth-order valence-electron chi connectivity index (χ4n) is 4.04. The predicted octanol–water partition coefficient (Wildman–Crippen LogP) is 3.11. The van der Waals surface area contributed by atoms with Crippen LogP contribution < -0.4 is 0 Å². The molecular formula is C16H26O3. The van der Waals surface area contributed by atoms with Gasteiger partial charge in [-0.25, -0.2) is 0 Å². The van der Waals surface area contributed by atoms with E-state index in [2.05, 4.69) is 0 Å². The van der Waals surface area contributed by atoms with Gasteiger partial charge in [0.1, 0.15) is 5.78 Å². The second kappa shape index (κ2) is 5.92. The first-order valence-corrected chi connectivity index (χ1v) is 8.02. The van der Waals surface area contributed by atoms with Gasteiger partial charge in [-0.15, -0.1) is 0 Å². The molecule has 0 radical (unpaired) electrons. The Labute approximate surface area is 116 Å². The van der Waals surface area contributed by atoms with Gasteiger partial charge in [0, 0.05) is 32.2 Å². The summed E-state index contributed by atoms with van der Waals surface area (Å²) in [6.07, 6.45) is 9.96. The lowest BCUT2D eigenvalue weighted by molar-refractivity contribution is -0.143. The van der Waals surface area contributed by atoms with E-state index in [-0.39, 0.29) is 11.5 Å². The van der Waals surface area contributed by atoms with E-state index in [0.717, 1.165) is 45.5 Å². The van der Waals surface area contributed by atoms with Crippen LogP contribution >= 0.6 is 0 Å². The number of hydrogen-bond acceptors (Lipinski definition) is 3. The minimum Gasteiger partial charge on any atom is -0.381 e. The molecule has 3 aliphatic rings. The Bertz CT molecular complexity index is 308. The van der Waals surface area contributed by atoms with Crippen LogP contribution in [0.15, 0.2) is 0 Å². The number of carbonyl (C=O) groups is 1. The smallest absolute Gasteiger partial charge is 0.136 e. The SMILES string of the molecule is O=C(CC1CCOC1)C1CCOC2(CCCCC2)C1. The summed E-state index contributed by atoms with van der Waals surface area (Å²) in [5, 5.41) is 0. The van der Waals surface area contributed by atoms with Crippen LogP contribution in [-0.4, -0.2) is 31.2 Å². The molecule has 2 heterocycles. The van der Waals surface area contributed by atoms with Gasteiger partial charge in [-0.05, 0) is 38.0 Å². The molecule has 3 heteroatoms. The second-order valence-electron chi connectivity index (χ2n) is 6.68. The average Bonchev–Trinajstić information content (AvgIpc) is 2.92. The normalized spacial score (nSPS) is 34.5. The van der Waals surface area contributed by atoms with Crippen LogP contribution in [0.1, 0.15) is 57.8 Å². The highest BCUT2D eigenvalue weighted by molar-refractivity contribution is 5.81. The number of Topliss-reactive ketones (excluding diaryl/α,β-unsaturated/α-hetero) is 1. The summed E-state index contributed by atoms with van der Waals surface area (Å²) >= 11 is 0. The van der Waals surface area contributed by atoms with Crippen molar-refractivity contribution in [2.75, 3.05) is 19.8 Å². The van der Waals surface area contributed by atoms with Gasteiger partial charge in [0.05, 0.1) is 5.60 Å². The van der Waals surface area contributed by atoms with Crippen LogP contribution in [0.4, 0.5) is 0 Å². The number of ether oxygens (including phenoxy) is 2. The molecule has 3 rings (SSSR count). The third-order valence-electron chi connectivity index (χ3n) is 5.23. The van der Waals surface area contributed by atoms with E-state index in [1.54, 1.807) is 0 Å². The number of carbonyl (C=O) groups excluding carboxylic acids is 1. The molecular weight excluding hydrogens is 240 g/mol. The Hall–Kier alpha value is -0.410. The lowest BCUT2D eigenvalue weighted by atomic mass is 9.74. The first-order valence-electron chi connectivity index (χ1n) is 8.02. The minimum absolute atomic E-state index is 0.0585. The van der Waals surface area contributed by atoms with Crippen molar-refractivity contribution in [1.82, 2.24) is 0 Å². The minimum atomic E-state index is 0.0585. The van der Waals surface area contributed by atoms with Crippen LogP contribution in [0.25, 0.3) is 0 Å². The molecule has 0 aromatic rings. The predicted molar refractivity (Wildman–Crippen MR) is 73.0 cm³/mol. The van der Waals surface area contributed by atoms with Crippen molar-refractivity contribution in [1.29, 1.82) is 0 Å². The van der Waals surface area contributed by atoms with Crippen molar-refractivity contribution in [2.24, 2.45) is 11.8 Å². The zero-order chi connectivity index (χ0) is 13.1. The number of hydrogen-bond donors (Lipinski definition) is 0. The molecule has 3 fully saturated rings. The summed E-state index contributed by atoms with van der Waals surface area (Å²) in [6.45, 7) is 2.42. The largest absolute Gasteiger partial charge is 0.381 e. The maximum absolute atomic E-state index is 12.5. The van der Waals surface area contributed by atoms with Crippen LogP contribution in [0.5, 0.6) is 0 Å². The standard InChI is InChI=1S/C16H26O3/c17-15(10-13-4-8-18-12-13)14-5-9-19-16(11-14)6-2-1-3-7-16/h13-14H,1-12H2. The molecule has 0 aromatic heterocycles. The molecule has 1 saturated carbocycles. The third kappa shape index (κ3) is 3.19. The highest BCUT2D eigenvalue weighted by atomic mass is 16.5. The summed E-state index contributed by atoms with van der Waals surface area (Å²) in [5.41, 5.74) is 0.0585. The lowest BCUT2D eigenvalue weighted by Crippen LogP contribution is -2.43. The highest BCUT2D eigenvalue weighted by Crippen LogP contribution is 2.41. The fraction of sp³-hybridized carbons (Fsp3) is 0.938. The topological polar surface area (TPSA) is 35.5 Å². The van der Waals surface area contributed by atoms with E-state index >= 15 is 0 Å².